The fraction of sp³-hybridized carbons (Fsp3) is 0.333. The minimum atomic E-state index is -0.258. The number of hydrogen-bond acceptors (Lipinski definition) is 5. The Morgan fingerprint density at radius 2 is 1.79 bits per heavy atom. The normalized spacial score (nSPS) is 18.9. The molecule has 1 saturated heterocycles. The van der Waals surface area contributed by atoms with Crippen molar-refractivity contribution in [1.29, 1.82) is 0 Å². The highest BCUT2D eigenvalue weighted by Crippen LogP contribution is 2.44. The standard InChI is InChI=1S/C21H24N2O4S/c1-13-5-8-16(9-6-13)22-19(24)12-23-20(25)14(2)28-21(23)15-7-10-17(26-3)18(11-15)27-4/h5-11,14,21H,12H2,1-4H3,(H,22,24)/t14-,21-/m0/s1. The van der Waals surface area contributed by atoms with Crippen molar-refractivity contribution in [2.24, 2.45) is 0 Å². The van der Waals surface area contributed by atoms with Gasteiger partial charge in [-0.2, -0.15) is 0 Å². The van der Waals surface area contributed by atoms with Crippen LogP contribution in [-0.2, 0) is 9.59 Å². The highest BCUT2D eigenvalue weighted by Gasteiger charge is 2.39. The van der Waals surface area contributed by atoms with Gasteiger partial charge in [0.25, 0.3) is 0 Å². The van der Waals surface area contributed by atoms with Gasteiger partial charge in [0.15, 0.2) is 11.5 Å². The first-order chi connectivity index (χ1) is 13.4. The molecule has 2 atom stereocenters. The van der Waals surface area contributed by atoms with Gasteiger partial charge in [-0.1, -0.05) is 23.8 Å². The highest BCUT2D eigenvalue weighted by atomic mass is 32.2. The molecule has 0 radical (unpaired) electrons. The van der Waals surface area contributed by atoms with Crippen molar-refractivity contribution in [2.75, 3.05) is 26.1 Å². The maximum absolute atomic E-state index is 12.7. The molecule has 0 spiro atoms. The summed E-state index contributed by atoms with van der Waals surface area (Å²) in [7, 11) is 3.15. The molecule has 1 aliphatic rings. The van der Waals surface area contributed by atoms with E-state index in [0.29, 0.717) is 17.2 Å². The first kappa shape index (κ1) is 20.1. The van der Waals surface area contributed by atoms with Crippen LogP contribution >= 0.6 is 11.8 Å². The molecule has 148 valence electrons. The Labute approximate surface area is 169 Å². The Kier molecular flexibility index (Phi) is 6.14. The van der Waals surface area contributed by atoms with Gasteiger partial charge in [-0.3, -0.25) is 9.59 Å². The predicted octanol–water partition coefficient (Wildman–Crippen LogP) is 3.61. The fourth-order valence-corrected chi connectivity index (χ4v) is 4.36. The van der Waals surface area contributed by atoms with Crippen LogP contribution in [0, 0.1) is 6.92 Å². The zero-order chi connectivity index (χ0) is 20.3. The number of nitrogens with zero attached hydrogens (tertiary/aromatic N) is 1. The zero-order valence-electron chi connectivity index (χ0n) is 16.4. The van der Waals surface area contributed by atoms with Gasteiger partial charge in [0.2, 0.25) is 11.8 Å². The molecular weight excluding hydrogens is 376 g/mol. The maximum Gasteiger partial charge on any atom is 0.244 e. The minimum Gasteiger partial charge on any atom is -0.493 e. The van der Waals surface area contributed by atoms with Crippen molar-refractivity contribution >= 4 is 29.3 Å². The summed E-state index contributed by atoms with van der Waals surface area (Å²) in [4.78, 5) is 26.8. The molecule has 6 nitrogen and oxygen atoms in total. The molecule has 3 rings (SSSR count). The van der Waals surface area contributed by atoms with E-state index in [1.165, 1.54) is 11.8 Å². The van der Waals surface area contributed by atoms with E-state index >= 15 is 0 Å². The number of aryl methyl sites for hydroxylation is 1. The second kappa shape index (κ2) is 8.56. The first-order valence-corrected chi connectivity index (χ1v) is 9.91. The predicted molar refractivity (Wildman–Crippen MR) is 111 cm³/mol. The summed E-state index contributed by atoms with van der Waals surface area (Å²) in [5.41, 5.74) is 2.72. The van der Waals surface area contributed by atoms with Crippen LogP contribution in [0.1, 0.15) is 23.4 Å². The van der Waals surface area contributed by atoms with Gasteiger partial charge < -0.3 is 19.7 Å². The lowest BCUT2D eigenvalue weighted by Gasteiger charge is -2.24. The number of amides is 2. The SMILES string of the molecule is COc1ccc([C@@H]2S[C@@H](C)C(=O)N2CC(=O)Nc2ccc(C)cc2)cc1OC. The van der Waals surface area contributed by atoms with Gasteiger partial charge in [0.05, 0.1) is 19.5 Å². The summed E-state index contributed by atoms with van der Waals surface area (Å²) < 4.78 is 10.7. The number of hydrogen-bond donors (Lipinski definition) is 1. The Bertz CT molecular complexity index is 869. The van der Waals surface area contributed by atoms with Gasteiger partial charge in [0, 0.05) is 5.69 Å². The number of carbonyl (C=O) groups excluding carboxylic acids is 2. The van der Waals surface area contributed by atoms with E-state index in [-0.39, 0.29) is 29.0 Å². The molecule has 28 heavy (non-hydrogen) atoms. The topological polar surface area (TPSA) is 67.9 Å². The smallest absolute Gasteiger partial charge is 0.244 e. The van der Waals surface area contributed by atoms with Gasteiger partial charge in [-0.05, 0) is 43.7 Å². The lowest BCUT2D eigenvalue weighted by molar-refractivity contribution is -0.133. The van der Waals surface area contributed by atoms with Crippen LogP contribution in [0.25, 0.3) is 0 Å². The summed E-state index contributed by atoms with van der Waals surface area (Å²) in [6.45, 7) is 3.84. The van der Waals surface area contributed by atoms with E-state index in [1.54, 1.807) is 19.1 Å². The number of methoxy groups -OCH3 is 2. The van der Waals surface area contributed by atoms with Crippen LogP contribution in [0.2, 0.25) is 0 Å². The molecule has 1 N–H and O–H groups in total. The van der Waals surface area contributed by atoms with E-state index in [9.17, 15) is 9.59 Å². The second-order valence-corrected chi connectivity index (χ2v) is 8.05. The molecule has 0 aromatic heterocycles. The second-order valence-electron chi connectivity index (χ2n) is 6.63. The van der Waals surface area contributed by atoms with Crippen molar-refractivity contribution in [2.45, 2.75) is 24.5 Å². The van der Waals surface area contributed by atoms with E-state index in [0.717, 1.165) is 11.1 Å². The molecule has 1 fully saturated rings. The van der Waals surface area contributed by atoms with Gasteiger partial charge >= 0.3 is 0 Å². The van der Waals surface area contributed by atoms with E-state index in [2.05, 4.69) is 5.32 Å². The van der Waals surface area contributed by atoms with Crippen LogP contribution in [0.15, 0.2) is 42.5 Å². The van der Waals surface area contributed by atoms with Crippen LogP contribution in [0.5, 0.6) is 11.5 Å². The van der Waals surface area contributed by atoms with E-state index < -0.39 is 0 Å². The summed E-state index contributed by atoms with van der Waals surface area (Å²) in [6, 6.07) is 13.1. The average molecular weight is 401 g/mol. The van der Waals surface area contributed by atoms with Gasteiger partial charge in [-0.25, -0.2) is 0 Å². The van der Waals surface area contributed by atoms with Crippen molar-refractivity contribution < 1.29 is 19.1 Å². The Balaban J connectivity index is 1.78. The number of thioether (sulfide) groups is 1. The summed E-state index contributed by atoms with van der Waals surface area (Å²) in [6.07, 6.45) is 0. The largest absolute Gasteiger partial charge is 0.493 e. The Morgan fingerprint density at radius 1 is 1.11 bits per heavy atom. The molecule has 1 aliphatic heterocycles. The van der Waals surface area contributed by atoms with Crippen LogP contribution in [0.4, 0.5) is 5.69 Å². The molecule has 0 aliphatic carbocycles. The maximum atomic E-state index is 12.7. The molecule has 2 aromatic rings. The quantitative estimate of drug-likeness (QED) is 0.802. The third kappa shape index (κ3) is 4.25. The number of rotatable bonds is 6. The Hall–Kier alpha value is -2.67. The lowest BCUT2D eigenvalue weighted by atomic mass is 10.1. The van der Waals surface area contributed by atoms with Crippen LogP contribution < -0.4 is 14.8 Å². The summed E-state index contributed by atoms with van der Waals surface area (Å²) >= 11 is 1.52. The van der Waals surface area contributed by atoms with Crippen LogP contribution in [0.3, 0.4) is 0 Å². The van der Waals surface area contributed by atoms with Gasteiger partial charge in [0.1, 0.15) is 11.9 Å². The molecule has 2 amide bonds. The third-order valence-electron chi connectivity index (χ3n) is 4.59. The average Bonchev–Trinajstić information content (AvgIpc) is 2.97. The molecule has 0 bridgehead atoms. The number of anilines is 1. The third-order valence-corrected chi connectivity index (χ3v) is 5.98. The number of benzene rings is 2. The summed E-state index contributed by atoms with van der Waals surface area (Å²) in [5.74, 6) is 0.940. The van der Waals surface area contributed by atoms with Crippen molar-refractivity contribution in [3.63, 3.8) is 0 Å². The van der Waals surface area contributed by atoms with Crippen molar-refractivity contribution in [3.05, 3.63) is 53.6 Å². The summed E-state index contributed by atoms with van der Waals surface area (Å²) in [5, 5.41) is 2.38. The first-order valence-electron chi connectivity index (χ1n) is 8.97. The monoisotopic (exact) mass is 400 g/mol. The van der Waals surface area contributed by atoms with Crippen molar-refractivity contribution in [1.82, 2.24) is 4.90 Å². The molecular formula is C21H24N2O4S. The molecule has 7 heteroatoms. The highest BCUT2D eigenvalue weighted by molar-refractivity contribution is 8.01. The number of nitrogens with one attached hydrogen (secondary N) is 1. The number of carbonyl (C=O) groups is 2. The fourth-order valence-electron chi connectivity index (χ4n) is 3.09. The number of ether oxygens (including phenoxy) is 2. The molecule has 0 saturated carbocycles. The zero-order valence-corrected chi connectivity index (χ0v) is 17.2. The van der Waals surface area contributed by atoms with Gasteiger partial charge in [-0.15, -0.1) is 11.8 Å². The molecule has 2 aromatic carbocycles. The minimum absolute atomic E-state index is 0.0109. The lowest BCUT2D eigenvalue weighted by Crippen LogP contribution is -2.37. The van der Waals surface area contributed by atoms with E-state index in [4.69, 9.17) is 9.47 Å². The molecule has 0 unspecified atom stereocenters. The molecule has 1 heterocycles. The Morgan fingerprint density at radius 3 is 2.43 bits per heavy atom. The van der Waals surface area contributed by atoms with E-state index in [1.807, 2.05) is 56.3 Å². The van der Waals surface area contributed by atoms with Crippen molar-refractivity contribution in [3.8, 4) is 11.5 Å². The van der Waals surface area contributed by atoms with Crippen LogP contribution in [-0.4, -0.2) is 42.7 Å².